The Morgan fingerprint density at radius 2 is 1.26 bits per heavy atom. The van der Waals surface area contributed by atoms with Crippen molar-refractivity contribution in [1.82, 2.24) is 0 Å². The molecule has 1 heterocycles. The minimum Gasteiger partial charge on any atom is -0.398 e. The maximum atomic E-state index is 6.02. The van der Waals surface area contributed by atoms with Gasteiger partial charge in [0.05, 0.1) is 0 Å². The summed E-state index contributed by atoms with van der Waals surface area (Å²) in [6, 6.07) is 8.56. The van der Waals surface area contributed by atoms with E-state index in [1.165, 1.54) is 22.5 Å². The van der Waals surface area contributed by atoms with Crippen molar-refractivity contribution in [3.8, 4) is 0 Å². The summed E-state index contributed by atoms with van der Waals surface area (Å²) >= 11 is 0. The van der Waals surface area contributed by atoms with Gasteiger partial charge in [0.1, 0.15) is 11.4 Å². The lowest BCUT2D eigenvalue weighted by Crippen LogP contribution is -2.73. The minimum absolute atomic E-state index is 0.383. The first-order valence-corrected chi connectivity index (χ1v) is 6.62. The minimum atomic E-state index is 0.383. The van der Waals surface area contributed by atoms with E-state index in [0.29, 0.717) is 5.92 Å². The van der Waals surface area contributed by atoms with Gasteiger partial charge in [-0.15, -0.1) is 0 Å². The number of aryl methyl sites for hydroxylation is 2. The molecule has 0 radical (unpaired) electrons. The smallest absolute Gasteiger partial charge is 0.140 e. The summed E-state index contributed by atoms with van der Waals surface area (Å²) in [4.78, 5) is 0. The largest absolute Gasteiger partial charge is 0.398 e. The quantitative estimate of drug-likeness (QED) is 0.632. The van der Waals surface area contributed by atoms with Gasteiger partial charge in [-0.3, -0.25) is 5.32 Å². The Hall–Kier alpha value is -2.00. The molecular weight excluding hydrogens is 234 g/mol. The maximum Gasteiger partial charge on any atom is 0.140 e. The Labute approximate surface area is 113 Å². The lowest BCUT2D eigenvalue weighted by atomic mass is 9.85. The van der Waals surface area contributed by atoms with E-state index >= 15 is 0 Å². The standard InChI is InChI=1S/C16H19N3/c1-8-4-11-10(3)12-5-9(2)14(18)7-16(12)19-15(11)6-13(8)17/h4-7,10,19H,17-18H2,1-3H3/p+1. The highest BCUT2D eigenvalue weighted by atomic mass is 14.9. The first kappa shape index (κ1) is 12.1. The van der Waals surface area contributed by atoms with Gasteiger partial charge in [-0.2, -0.15) is 0 Å². The second-order valence-corrected chi connectivity index (χ2v) is 5.54. The highest BCUT2D eigenvalue weighted by Gasteiger charge is 2.27. The number of anilines is 2. The normalized spacial score (nSPS) is 14.1. The Morgan fingerprint density at radius 1 is 0.842 bits per heavy atom. The summed E-state index contributed by atoms with van der Waals surface area (Å²) in [7, 11) is 0. The second-order valence-electron chi connectivity index (χ2n) is 5.54. The number of fused-ring (bicyclic) bond motifs is 2. The van der Waals surface area contributed by atoms with Crippen LogP contribution in [0.25, 0.3) is 0 Å². The number of hydrogen-bond acceptors (Lipinski definition) is 2. The number of hydrogen-bond donors (Lipinski definition) is 3. The van der Waals surface area contributed by atoms with E-state index < -0.39 is 0 Å². The van der Waals surface area contributed by atoms with E-state index in [1.54, 1.807) is 0 Å². The van der Waals surface area contributed by atoms with Crippen LogP contribution in [-0.2, 0) is 0 Å². The molecule has 0 aliphatic carbocycles. The van der Waals surface area contributed by atoms with Crippen LogP contribution in [0.5, 0.6) is 0 Å². The molecule has 1 aliphatic rings. The van der Waals surface area contributed by atoms with Crippen molar-refractivity contribution in [2.45, 2.75) is 26.7 Å². The lowest BCUT2D eigenvalue weighted by Gasteiger charge is -2.24. The topological polar surface area (TPSA) is 68.6 Å². The fourth-order valence-corrected chi connectivity index (χ4v) is 2.86. The van der Waals surface area contributed by atoms with Crippen molar-refractivity contribution >= 4 is 22.7 Å². The summed E-state index contributed by atoms with van der Waals surface area (Å²) in [5.41, 5.74) is 21.2. The van der Waals surface area contributed by atoms with E-state index in [9.17, 15) is 0 Å². The van der Waals surface area contributed by atoms with Crippen LogP contribution in [0.3, 0.4) is 0 Å². The molecule has 0 atom stereocenters. The van der Waals surface area contributed by atoms with Crippen molar-refractivity contribution < 1.29 is 5.32 Å². The molecule has 0 amide bonds. The Bertz CT molecular complexity index is 617. The van der Waals surface area contributed by atoms with Crippen molar-refractivity contribution in [1.29, 1.82) is 0 Å². The Morgan fingerprint density at radius 3 is 1.68 bits per heavy atom. The number of rotatable bonds is 0. The predicted octanol–water partition coefficient (Wildman–Crippen LogP) is 2.46. The van der Waals surface area contributed by atoms with E-state index in [1.807, 2.05) is 0 Å². The number of nitrogens with two attached hydrogens (primary N) is 3. The molecule has 0 bridgehead atoms. The monoisotopic (exact) mass is 254 g/mol. The van der Waals surface area contributed by atoms with Gasteiger partial charge < -0.3 is 11.5 Å². The third-order valence-electron chi connectivity index (χ3n) is 4.19. The van der Waals surface area contributed by atoms with Crippen molar-refractivity contribution in [2.24, 2.45) is 0 Å². The van der Waals surface area contributed by atoms with E-state index in [2.05, 4.69) is 50.4 Å². The van der Waals surface area contributed by atoms with Crippen molar-refractivity contribution in [2.75, 3.05) is 11.5 Å². The third-order valence-corrected chi connectivity index (χ3v) is 4.19. The SMILES string of the molecule is Cc1cc2c(cc1N)[NH2+]c1cc(N)c(C)cc1C2C. The van der Waals surface area contributed by atoms with Gasteiger partial charge in [0, 0.05) is 40.6 Å². The average Bonchev–Trinajstić information content (AvgIpc) is 2.35. The zero-order valence-electron chi connectivity index (χ0n) is 11.6. The zero-order chi connectivity index (χ0) is 13.7. The maximum absolute atomic E-state index is 6.02. The molecule has 0 saturated carbocycles. The van der Waals surface area contributed by atoms with Crippen LogP contribution in [-0.4, -0.2) is 0 Å². The number of nitrogen functional groups attached to an aromatic ring is 2. The predicted molar refractivity (Wildman–Crippen MR) is 79.9 cm³/mol. The van der Waals surface area contributed by atoms with Gasteiger partial charge in [0.15, 0.2) is 0 Å². The third kappa shape index (κ3) is 1.78. The highest BCUT2D eigenvalue weighted by Crippen LogP contribution is 2.38. The van der Waals surface area contributed by atoms with Gasteiger partial charge in [-0.05, 0) is 37.1 Å². The molecule has 2 aromatic carbocycles. The summed E-state index contributed by atoms with van der Waals surface area (Å²) in [6.45, 7) is 6.37. The second kappa shape index (κ2) is 4.00. The van der Waals surface area contributed by atoms with Gasteiger partial charge >= 0.3 is 0 Å². The van der Waals surface area contributed by atoms with Crippen LogP contribution < -0.4 is 16.8 Å². The molecule has 3 rings (SSSR count). The van der Waals surface area contributed by atoms with Crippen LogP contribution >= 0.6 is 0 Å². The molecule has 0 unspecified atom stereocenters. The fraction of sp³-hybridized carbons (Fsp3) is 0.250. The molecule has 3 nitrogen and oxygen atoms in total. The van der Waals surface area contributed by atoms with E-state index in [0.717, 1.165) is 22.5 Å². The van der Waals surface area contributed by atoms with Gasteiger partial charge in [0.2, 0.25) is 0 Å². The molecule has 1 aliphatic heterocycles. The molecular formula is C16H20N3+. The Kier molecular flexibility index (Phi) is 2.54. The van der Waals surface area contributed by atoms with Crippen molar-refractivity contribution in [3.05, 3.63) is 46.5 Å². The van der Waals surface area contributed by atoms with Crippen LogP contribution in [0.15, 0.2) is 24.3 Å². The molecule has 98 valence electrons. The van der Waals surface area contributed by atoms with Crippen LogP contribution in [0, 0.1) is 13.8 Å². The fourth-order valence-electron chi connectivity index (χ4n) is 2.86. The summed E-state index contributed by atoms with van der Waals surface area (Å²) in [5.74, 6) is 0.383. The van der Waals surface area contributed by atoms with Gasteiger partial charge in [0.25, 0.3) is 0 Å². The molecule has 0 saturated heterocycles. The summed E-state index contributed by atoms with van der Waals surface area (Å²) in [5, 5.41) is 2.19. The molecule has 6 N–H and O–H groups in total. The average molecular weight is 254 g/mol. The van der Waals surface area contributed by atoms with Crippen LogP contribution in [0.1, 0.15) is 35.1 Å². The van der Waals surface area contributed by atoms with Gasteiger partial charge in [-0.25, -0.2) is 0 Å². The first-order valence-electron chi connectivity index (χ1n) is 6.62. The molecule has 0 aromatic heterocycles. The van der Waals surface area contributed by atoms with Crippen LogP contribution in [0.4, 0.5) is 22.7 Å². The first-order chi connectivity index (χ1) is 8.97. The Balaban J connectivity index is 2.20. The van der Waals surface area contributed by atoms with Crippen LogP contribution in [0.2, 0.25) is 0 Å². The summed E-state index contributed by atoms with van der Waals surface area (Å²) < 4.78 is 0. The summed E-state index contributed by atoms with van der Waals surface area (Å²) in [6.07, 6.45) is 0. The van der Waals surface area contributed by atoms with E-state index in [-0.39, 0.29) is 0 Å². The zero-order valence-corrected chi connectivity index (χ0v) is 11.6. The molecule has 19 heavy (non-hydrogen) atoms. The van der Waals surface area contributed by atoms with E-state index in [4.69, 9.17) is 11.5 Å². The molecule has 2 aromatic rings. The lowest BCUT2D eigenvalue weighted by molar-refractivity contribution is -0.482. The number of quaternary nitrogens is 1. The molecule has 0 fully saturated rings. The van der Waals surface area contributed by atoms with Gasteiger partial charge in [-0.1, -0.05) is 6.92 Å². The van der Waals surface area contributed by atoms with Crippen molar-refractivity contribution in [3.63, 3.8) is 0 Å². The molecule has 0 spiro atoms. The number of benzene rings is 2. The highest BCUT2D eigenvalue weighted by molar-refractivity contribution is 5.67. The molecule has 3 heteroatoms.